The van der Waals surface area contributed by atoms with Crippen LogP contribution in [-0.2, 0) is 13.6 Å². The summed E-state index contributed by atoms with van der Waals surface area (Å²) in [6.07, 6.45) is 6.73. The van der Waals surface area contributed by atoms with Crippen molar-refractivity contribution in [2.24, 2.45) is 13.0 Å². The van der Waals surface area contributed by atoms with Crippen LogP contribution in [0.3, 0.4) is 0 Å². The fourth-order valence-corrected chi connectivity index (χ4v) is 2.62. The second-order valence-electron chi connectivity index (χ2n) is 5.23. The highest BCUT2D eigenvalue weighted by Crippen LogP contribution is 2.26. The lowest BCUT2D eigenvalue weighted by Gasteiger charge is -2.28. The number of aryl methyl sites for hydroxylation is 1. The van der Waals surface area contributed by atoms with Crippen LogP contribution in [0.5, 0.6) is 0 Å². The molecule has 4 heteroatoms. The summed E-state index contributed by atoms with van der Waals surface area (Å²) in [5.74, 6) is 2.99. The van der Waals surface area contributed by atoms with Crippen molar-refractivity contribution in [2.45, 2.75) is 58.5 Å². The number of hydrogen-bond donors (Lipinski definition) is 1. The predicted molar refractivity (Wildman–Crippen MR) is 68.6 cm³/mol. The molecule has 17 heavy (non-hydrogen) atoms. The van der Waals surface area contributed by atoms with Gasteiger partial charge in [0, 0.05) is 13.1 Å². The monoisotopic (exact) mass is 236 g/mol. The third-order valence-electron chi connectivity index (χ3n) is 4.16. The summed E-state index contributed by atoms with van der Waals surface area (Å²) in [7, 11) is 2.03. The Morgan fingerprint density at radius 1 is 1.24 bits per heavy atom. The highest BCUT2D eigenvalue weighted by molar-refractivity contribution is 4.92. The second kappa shape index (κ2) is 5.63. The number of aromatic nitrogens is 3. The first-order valence-electron chi connectivity index (χ1n) is 6.79. The molecule has 0 spiro atoms. The van der Waals surface area contributed by atoms with E-state index in [9.17, 15) is 0 Å². The van der Waals surface area contributed by atoms with Crippen LogP contribution in [0.4, 0.5) is 0 Å². The van der Waals surface area contributed by atoms with Gasteiger partial charge in [-0.3, -0.25) is 0 Å². The van der Waals surface area contributed by atoms with E-state index < -0.39 is 0 Å². The van der Waals surface area contributed by atoms with Gasteiger partial charge in [0.25, 0.3) is 0 Å². The predicted octanol–water partition coefficient (Wildman–Crippen LogP) is 2.18. The van der Waals surface area contributed by atoms with Gasteiger partial charge in [0.2, 0.25) is 0 Å². The zero-order chi connectivity index (χ0) is 12.3. The Morgan fingerprint density at radius 2 is 1.94 bits per heavy atom. The molecule has 0 atom stereocenters. The fourth-order valence-electron chi connectivity index (χ4n) is 2.62. The Bertz CT molecular complexity index is 350. The average Bonchev–Trinajstić information content (AvgIpc) is 2.68. The SMILES string of the molecule is CCC1CCC(NCc2nnc(C)n2C)CC1. The Balaban J connectivity index is 1.78. The van der Waals surface area contributed by atoms with Crippen molar-refractivity contribution in [3.05, 3.63) is 11.6 Å². The molecule has 0 aliphatic heterocycles. The topological polar surface area (TPSA) is 42.7 Å². The molecule has 1 aromatic heterocycles. The molecule has 4 nitrogen and oxygen atoms in total. The van der Waals surface area contributed by atoms with Gasteiger partial charge in [-0.15, -0.1) is 10.2 Å². The zero-order valence-corrected chi connectivity index (χ0v) is 11.2. The van der Waals surface area contributed by atoms with Crippen LogP contribution in [0.1, 0.15) is 50.7 Å². The normalized spacial score (nSPS) is 25.1. The Labute approximate surface area is 104 Å². The molecule has 0 unspecified atom stereocenters. The molecular formula is C13H24N4. The first-order valence-corrected chi connectivity index (χ1v) is 6.79. The standard InChI is InChI=1S/C13H24N4/c1-4-11-5-7-12(8-6-11)14-9-13-16-15-10(2)17(13)3/h11-12,14H,4-9H2,1-3H3. The highest BCUT2D eigenvalue weighted by atomic mass is 15.3. The van der Waals surface area contributed by atoms with Gasteiger partial charge >= 0.3 is 0 Å². The van der Waals surface area contributed by atoms with Crippen LogP contribution < -0.4 is 5.32 Å². The van der Waals surface area contributed by atoms with E-state index in [1.54, 1.807) is 0 Å². The summed E-state index contributed by atoms with van der Waals surface area (Å²) >= 11 is 0. The molecule has 1 aliphatic rings. The van der Waals surface area contributed by atoms with E-state index in [4.69, 9.17) is 0 Å². The third-order valence-corrected chi connectivity index (χ3v) is 4.16. The quantitative estimate of drug-likeness (QED) is 0.871. The minimum Gasteiger partial charge on any atom is -0.317 e. The molecule has 0 saturated heterocycles. The summed E-state index contributed by atoms with van der Waals surface area (Å²) < 4.78 is 2.06. The second-order valence-corrected chi connectivity index (χ2v) is 5.23. The molecule has 1 heterocycles. The van der Waals surface area contributed by atoms with Crippen molar-refractivity contribution >= 4 is 0 Å². The van der Waals surface area contributed by atoms with Gasteiger partial charge in [0.1, 0.15) is 11.6 Å². The molecule has 1 fully saturated rings. The molecule has 1 aromatic rings. The van der Waals surface area contributed by atoms with Crippen molar-refractivity contribution in [2.75, 3.05) is 0 Å². The molecule has 1 saturated carbocycles. The third kappa shape index (κ3) is 3.06. The van der Waals surface area contributed by atoms with Crippen LogP contribution in [0, 0.1) is 12.8 Å². The Kier molecular flexibility index (Phi) is 4.15. The summed E-state index contributed by atoms with van der Waals surface area (Å²) in [5, 5.41) is 11.9. The van der Waals surface area contributed by atoms with E-state index in [1.807, 2.05) is 14.0 Å². The number of rotatable bonds is 4. The van der Waals surface area contributed by atoms with E-state index in [0.717, 1.165) is 24.1 Å². The summed E-state index contributed by atoms with van der Waals surface area (Å²) in [6.45, 7) is 5.14. The van der Waals surface area contributed by atoms with Crippen LogP contribution in [0.25, 0.3) is 0 Å². The maximum atomic E-state index is 4.18. The van der Waals surface area contributed by atoms with Crippen molar-refractivity contribution in [1.82, 2.24) is 20.1 Å². The largest absolute Gasteiger partial charge is 0.317 e. The van der Waals surface area contributed by atoms with Gasteiger partial charge < -0.3 is 9.88 Å². The van der Waals surface area contributed by atoms with Crippen LogP contribution in [-0.4, -0.2) is 20.8 Å². The van der Waals surface area contributed by atoms with Crippen molar-refractivity contribution in [3.63, 3.8) is 0 Å². The van der Waals surface area contributed by atoms with Crippen LogP contribution >= 0.6 is 0 Å². The Morgan fingerprint density at radius 3 is 2.47 bits per heavy atom. The lowest BCUT2D eigenvalue weighted by molar-refractivity contribution is 0.283. The Hall–Kier alpha value is -0.900. The van der Waals surface area contributed by atoms with Gasteiger partial charge in [-0.2, -0.15) is 0 Å². The van der Waals surface area contributed by atoms with Crippen molar-refractivity contribution < 1.29 is 0 Å². The first-order chi connectivity index (χ1) is 8.20. The van der Waals surface area contributed by atoms with E-state index in [2.05, 4.69) is 27.0 Å². The lowest BCUT2D eigenvalue weighted by Crippen LogP contribution is -2.33. The number of nitrogens with zero attached hydrogens (tertiary/aromatic N) is 3. The van der Waals surface area contributed by atoms with Gasteiger partial charge in [-0.1, -0.05) is 13.3 Å². The molecule has 1 N–H and O–H groups in total. The average molecular weight is 236 g/mol. The first kappa shape index (κ1) is 12.6. The van der Waals surface area contributed by atoms with Crippen molar-refractivity contribution in [3.8, 4) is 0 Å². The molecule has 0 bridgehead atoms. The van der Waals surface area contributed by atoms with Gasteiger partial charge in [0.15, 0.2) is 0 Å². The molecule has 0 radical (unpaired) electrons. The molecule has 96 valence electrons. The molecule has 0 amide bonds. The summed E-state index contributed by atoms with van der Waals surface area (Å²) in [4.78, 5) is 0. The van der Waals surface area contributed by atoms with Gasteiger partial charge in [-0.25, -0.2) is 0 Å². The maximum absolute atomic E-state index is 4.18. The lowest BCUT2D eigenvalue weighted by atomic mass is 9.84. The number of nitrogens with one attached hydrogen (secondary N) is 1. The molecule has 2 rings (SSSR count). The number of hydrogen-bond acceptors (Lipinski definition) is 3. The van der Waals surface area contributed by atoms with Crippen LogP contribution in [0.2, 0.25) is 0 Å². The van der Waals surface area contributed by atoms with E-state index in [1.165, 1.54) is 32.1 Å². The molecule has 1 aliphatic carbocycles. The van der Waals surface area contributed by atoms with Crippen LogP contribution in [0.15, 0.2) is 0 Å². The summed E-state index contributed by atoms with van der Waals surface area (Å²) in [6, 6.07) is 0.676. The maximum Gasteiger partial charge on any atom is 0.146 e. The van der Waals surface area contributed by atoms with E-state index in [-0.39, 0.29) is 0 Å². The van der Waals surface area contributed by atoms with Crippen molar-refractivity contribution in [1.29, 1.82) is 0 Å². The fraction of sp³-hybridized carbons (Fsp3) is 0.846. The minimum atomic E-state index is 0.676. The molecular weight excluding hydrogens is 212 g/mol. The smallest absolute Gasteiger partial charge is 0.146 e. The zero-order valence-electron chi connectivity index (χ0n) is 11.2. The summed E-state index contributed by atoms with van der Waals surface area (Å²) in [5.41, 5.74) is 0. The molecule has 0 aromatic carbocycles. The van der Waals surface area contributed by atoms with Gasteiger partial charge in [0.05, 0.1) is 6.54 Å². The highest BCUT2D eigenvalue weighted by Gasteiger charge is 2.19. The van der Waals surface area contributed by atoms with Gasteiger partial charge in [-0.05, 0) is 38.5 Å². The van der Waals surface area contributed by atoms with E-state index >= 15 is 0 Å². The van der Waals surface area contributed by atoms with E-state index in [0.29, 0.717) is 6.04 Å². The minimum absolute atomic E-state index is 0.676.